The maximum atomic E-state index is 5.85. The molecular weight excluding hydrogens is 226 g/mol. The monoisotopic (exact) mass is 237 g/mol. The first kappa shape index (κ1) is 9.84. The molecule has 0 bridgehead atoms. The van der Waals surface area contributed by atoms with Gasteiger partial charge in [-0.2, -0.15) is 15.1 Å². The second kappa shape index (κ2) is 3.59. The van der Waals surface area contributed by atoms with Gasteiger partial charge < -0.3 is 5.32 Å². The number of fused-ring (bicyclic) bond motifs is 1. The number of nitrogens with zero attached hydrogens (tertiary/aromatic N) is 3. The van der Waals surface area contributed by atoms with Crippen molar-refractivity contribution in [2.75, 3.05) is 5.32 Å². The molecule has 0 saturated heterocycles. The summed E-state index contributed by atoms with van der Waals surface area (Å²) < 4.78 is 0. The molecule has 1 fully saturated rings. The van der Waals surface area contributed by atoms with Gasteiger partial charge in [0.05, 0.1) is 11.6 Å². The Labute approximate surface area is 97.6 Å². The summed E-state index contributed by atoms with van der Waals surface area (Å²) in [5.41, 5.74) is 0.672. The smallest absolute Gasteiger partial charge is 0.226 e. The average molecular weight is 238 g/mol. The lowest BCUT2D eigenvalue weighted by Crippen LogP contribution is -2.18. The van der Waals surface area contributed by atoms with E-state index in [0.29, 0.717) is 11.7 Å². The van der Waals surface area contributed by atoms with Gasteiger partial charge in [0.2, 0.25) is 5.28 Å². The molecule has 0 radical (unpaired) electrons. The molecule has 84 valence electrons. The fourth-order valence-electron chi connectivity index (χ4n) is 1.85. The molecule has 1 unspecified atom stereocenters. The molecule has 1 aliphatic carbocycles. The highest BCUT2D eigenvalue weighted by Gasteiger charge is 2.28. The number of hydrogen-bond acceptors (Lipinski definition) is 4. The zero-order chi connectivity index (χ0) is 11.1. The van der Waals surface area contributed by atoms with E-state index < -0.39 is 0 Å². The van der Waals surface area contributed by atoms with Gasteiger partial charge >= 0.3 is 0 Å². The van der Waals surface area contributed by atoms with E-state index in [1.807, 2.05) is 0 Å². The molecule has 5 nitrogen and oxygen atoms in total. The zero-order valence-corrected chi connectivity index (χ0v) is 9.62. The highest BCUT2D eigenvalue weighted by Crippen LogP contribution is 2.34. The van der Waals surface area contributed by atoms with Gasteiger partial charge in [0.25, 0.3) is 0 Å². The van der Waals surface area contributed by atoms with Crippen LogP contribution in [0.4, 0.5) is 5.82 Å². The Morgan fingerprint density at radius 1 is 1.50 bits per heavy atom. The van der Waals surface area contributed by atoms with Crippen LogP contribution < -0.4 is 5.32 Å². The van der Waals surface area contributed by atoms with Crippen molar-refractivity contribution in [3.63, 3.8) is 0 Å². The summed E-state index contributed by atoms with van der Waals surface area (Å²) in [6.07, 6.45) is 4.30. The maximum absolute atomic E-state index is 5.85. The summed E-state index contributed by atoms with van der Waals surface area (Å²) in [6.45, 7) is 2.17. The van der Waals surface area contributed by atoms with Crippen LogP contribution in [0.1, 0.15) is 19.8 Å². The van der Waals surface area contributed by atoms with Crippen molar-refractivity contribution in [1.29, 1.82) is 0 Å². The molecule has 1 aliphatic rings. The Bertz CT molecular complexity index is 519. The van der Waals surface area contributed by atoms with E-state index in [4.69, 9.17) is 11.6 Å². The van der Waals surface area contributed by atoms with Crippen LogP contribution in [-0.4, -0.2) is 26.2 Å². The maximum Gasteiger partial charge on any atom is 0.226 e. The van der Waals surface area contributed by atoms with Gasteiger partial charge in [0, 0.05) is 6.04 Å². The molecule has 2 aromatic rings. The van der Waals surface area contributed by atoms with Gasteiger partial charge in [0.15, 0.2) is 5.65 Å². The minimum Gasteiger partial charge on any atom is -0.367 e. The van der Waals surface area contributed by atoms with Crippen molar-refractivity contribution >= 4 is 28.5 Å². The predicted octanol–water partition coefficient (Wildman–Crippen LogP) is 2.22. The third kappa shape index (κ3) is 1.71. The molecule has 2 heterocycles. The van der Waals surface area contributed by atoms with E-state index in [0.717, 1.165) is 17.1 Å². The molecule has 6 heteroatoms. The van der Waals surface area contributed by atoms with Crippen LogP contribution in [0.5, 0.6) is 0 Å². The van der Waals surface area contributed by atoms with Gasteiger partial charge in [-0.3, -0.25) is 5.10 Å². The standard InChI is InChI=1S/C10H12ClN5/c1-5(6-2-3-6)13-8-7-4-12-16-9(7)15-10(11)14-8/h4-6H,2-3H2,1H3,(H2,12,13,14,15,16). The summed E-state index contributed by atoms with van der Waals surface area (Å²) in [4.78, 5) is 8.27. The molecule has 1 saturated carbocycles. The Kier molecular flexibility index (Phi) is 2.21. The van der Waals surface area contributed by atoms with Crippen LogP contribution in [0, 0.1) is 5.92 Å². The fourth-order valence-corrected chi connectivity index (χ4v) is 2.02. The lowest BCUT2D eigenvalue weighted by molar-refractivity contribution is 0.691. The minimum atomic E-state index is 0.238. The number of halogens is 1. The molecule has 0 amide bonds. The highest BCUT2D eigenvalue weighted by atomic mass is 35.5. The van der Waals surface area contributed by atoms with Crippen LogP contribution >= 0.6 is 11.6 Å². The van der Waals surface area contributed by atoms with Crippen LogP contribution in [-0.2, 0) is 0 Å². The van der Waals surface area contributed by atoms with Crippen molar-refractivity contribution in [2.45, 2.75) is 25.8 Å². The van der Waals surface area contributed by atoms with Crippen molar-refractivity contribution in [3.05, 3.63) is 11.5 Å². The van der Waals surface area contributed by atoms with Crippen LogP contribution in [0.2, 0.25) is 5.28 Å². The summed E-state index contributed by atoms with van der Waals surface area (Å²) in [5, 5.41) is 11.2. The second-order valence-electron chi connectivity index (χ2n) is 4.24. The molecular formula is C10H12ClN5. The quantitative estimate of drug-likeness (QED) is 0.804. The van der Waals surface area contributed by atoms with Gasteiger partial charge in [-0.15, -0.1) is 0 Å². The molecule has 16 heavy (non-hydrogen) atoms. The SMILES string of the molecule is CC(Nc1nc(Cl)nc2[nH]ncc12)C1CC1. The van der Waals surface area contributed by atoms with Gasteiger partial charge in [-0.05, 0) is 37.3 Å². The normalized spacial score (nSPS) is 17.6. The van der Waals surface area contributed by atoms with Crippen molar-refractivity contribution < 1.29 is 0 Å². The first-order valence-electron chi connectivity index (χ1n) is 5.37. The largest absolute Gasteiger partial charge is 0.367 e. The second-order valence-corrected chi connectivity index (χ2v) is 4.58. The average Bonchev–Trinajstić information content (AvgIpc) is 2.98. The number of hydrogen-bond donors (Lipinski definition) is 2. The molecule has 0 aliphatic heterocycles. The Morgan fingerprint density at radius 3 is 3.06 bits per heavy atom. The molecule has 0 aromatic carbocycles. The Balaban J connectivity index is 1.97. The highest BCUT2D eigenvalue weighted by molar-refractivity contribution is 6.28. The van der Waals surface area contributed by atoms with E-state index in [1.54, 1.807) is 6.20 Å². The topological polar surface area (TPSA) is 66.5 Å². The van der Waals surface area contributed by atoms with Gasteiger partial charge in [-0.1, -0.05) is 0 Å². The van der Waals surface area contributed by atoms with E-state index >= 15 is 0 Å². The van der Waals surface area contributed by atoms with E-state index in [2.05, 4.69) is 32.4 Å². The third-order valence-electron chi connectivity index (χ3n) is 2.98. The molecule has 2 aromatic heterocycles. The summed E-state index contributed by atoms with van der Waals surface area (Å²) in [5.74, 6) is 1.53. The molecule has 2 N–H and O–H groups in total. The first-order chi connectivity index (χ1) is 7.74. The summed E-state index contributed by atoms with van der Waals surface area (Å²) in [6, 6.07) is 0.420. The first-order valence-corrected chi connectivity index (χ1v) is 5.75. The molecule has 1 atom stereocenters. The summed E-state index contributed by atoms with van der Waals surface area (Å²) in [7, 11) is 0. The predicted molar refractivity (Wildman–Crippen MR) is 62.5 cm³/mol. The fraction of sp³-hybridized carbons (Fsp3) is 0.500. The van der Waals surface area contributed by atoms with Crippen molar-refractivity contribution in [2.24, 2.45) is 5.92 Å². The number of rotatable bonds is 3. The summed E-state index contributed by atoms with van der Waals surface area (Å²) >= 11 is 5.85. The van der Waals surface area contributed by atoms with Gasteiger partial charge in [0.1, 0.15) is 5.82 Å². The number of aromatic amines is 1. The van der Waals surface area contributed by atoms with Crippen molar-refractivity contribution in [1.82, 2.24) is 20.2 Å². The number of nitrogens with one attached hydrogen (secondary N) is 2. The van der Waals surface area contributed by atoms with E-state index in [-0.39, 0.29) is 5.28 Å². The number of aromatic nitrogens is 4. The number of H-pyrrole nitrogens is 1. The van der Waals surface area contributed by atoms with Crippen molar-refractivity contribution in [3.8, 4) is 0 Å². The van der Waals surface area contributed by atoms with E-state index in [9.17, 15) is 0 Å². The lowest BCUT2D eigenvalue weighted by atomic mass is 10.2. The number of anilines is 1. The third-order valence-corrected chi connectivity index (χ3v) is 3.14. The van der Waals surface area contributed by atoms with Crippen LogP contribution in [0.15, 0.2) is 6.20 Å². The zero-order valence-electron chi connectivity index (χ0n) is 8.87. The Hall–Kier alpha value is -1.36. The lowest BCUT2D eigenvalue weighted by Gasteiger charge is -2.13. The van der Waals surface area contributed by atoms with Crippen LogP contribution in [0.3, 0.4) is 0 Å². The Morgan fingerprint density at radius 2 is 2.31 bits per heavy atom. The minimum absolute atomic E-state index is 0.238. The van der Waals surface area contributed by atoms with Crippen LogP contribution in [0.25, 0.3) is 11.0 Å². The molecule has 0 spiro atoms. The van der Waals surface area contributed by atoms with Gasteiger partial charge in [-0.25, -0.2) is 0 Å². The molecule has 3 rings (SSSR count). The van der Waals surface area contributed by atoms with E-state index in [1.165, 1.54) is 12.8 Å².